The van der Waals surface area contributed by atoms with Gasteiger partial charge in [0.1, 0.15) is 6.04 Å². The van der Waals surface area contributed by atoms with Crippen LogP contribution in [0.15, 0.2) is 64.2 Å². The summed E-state index contributed by atoms with van der Waals surface area (Å²) in [6.45, 7) is 3.73. The lowest BCUT2D eigenvalue weighted by Gasteiger charge is -2.20. The van der Waals surface area contributed by atoms with Gasteiger partial charge in [0.15, 0.2) is 0 Å². The van der Waals surface area contributed by atoms with E-state index in [9.17, 15) is 5.11 Å². The third-order valence-corrected chi connectivity index (χ3v) is 5.06. The minimum absolute atomic E-state index is 0.364. The Kier molecular flexibility index (Phi) is 6.13. The maximum Gasteiger partial charge on any atom is 0.116 e. The predicted molar refractivity (Wildman–Crippen MR) is 112 cm³/mol. The van der Waals surface area contributed by atoms with Gasteiger partial charge in [-0.2, -0.15) is 5.26 Å². The molecule has 0 fully saturated rings. The molecule has 0 amide bonds. The first-order valence-corrected chi connectivity index (χ1v) is 9.69. The average molecular weight is 454 g/mol. The molecule has 1 aromatic heterocycles. The highest BCUT2D eigenvalue weighted by atomic mass is 79.9. The van der Waals surface area contributed by atoms with E-state index >= 15 is 0 Å². The molecule has 0 spiro atoms. The molecule has 3 aromatic rings. The SMILES string of the molecule is Cc1cc(C([O-])=NC(c2ccc(Cl)cc2)c2ncc(Br)cc2C)ccc1C#N. The number of hydrogen-bond donors (Lipinski definition) is 0. The van der Waals surface area contributed by atoms with Crippen molar-refractivity contribution in [2.75, 3.05) is 0 Å². The van der Waals surface area contributed by atoms with Gasteiger partial charge in [-0.05, 0) is 88.3 Å². The van der Waals surface area contributed by atoms with Crippen molar-refractivity contribution in [1.29, 1.82) is 5.26 Å². The first-order chi connectivity index (χ1) is 13.4. The summed E-state index contributed by atoms with van der Waals surface area (Å²) in [7, 11) is 0. The van der Waals surface area contributed by atoms with Crippen LogP contribution in [0, 0.1) is 25.2 Å². The Labute approximate surface area is 177 Å². The number of aromatic nitrogens is 1. The van der Waals surface area contributed by atoms with Gasteiger partial charge < -0.3 is 5.11 Å². The van der Waals surface area contributed by atoms with Gasteiger partial charge >= 0.3 is 0 Å². The van der Waals surface area contributed by atoms with E-state index in [1.54, 1.807) is 43.5 Å². The van der Waals surface area contributed by atoms with Crippen molar-refractivity contribution in [1.82, 2.24) is 4.98 Å². The summed E-state index contributed by atoms with van der Waals surface area (Å²) < 4.78 is 0.859. The van der Waals surface area contributed by atoms with Crippen molar-refractivity contribution in [3.63, 3.8) is 0 Å². The van der Waals surface area contributed by atoms with E-state index in [0.29, 0.717) is 21.8 Å². The molecule has 0 bridgehead atoms. The zero-order valence-electron chi connectivity index (χ0n) is 15.3. The summed E-state index contributed by atoms with van der Waals surface area (Å²) in [5.74, 6) is -0.364. The summed E-state index contributed by atoms with van der Waals surface area (Å²) in [6.07, 6.45) is 1.69. The summed E-state index contributed by atoms with van der Waals surface area (Å²) in [5, 5.41) is 22.6. The van der Waals surface area contributed by atoms with E-state index in [1.807, 2.05) is 25.1 Å². The van der Waals surface area contributed by atoms with Crippen LogP contribution in [0.5, 0.6) is 0 Å². The summed E-state index contributed by atoms with van der Waals surface area (Å²) >= 11 is 9.43. The molecule has 3 rings (SSSR count). The van der Waals surface area contributed by atoms with Crippen LogP contribution in [0.4, 0.5) is 0 Å². The normalized spacial score (nSPS) is 12.5. The quantitative estimate of drug-likeness (QED) is 0.417. The van der Waals surface area contributed by atoms with E-state index < -0.39 is 6.04 Å². The molecular formula is C22H16BrClN3O-. The Bertz CT molecular complexity index is 1090. The number of pyridine rings is 1. The van der Waals surface area contributed by atoms with E-state index in [4.69, 9.17) is 16.9 Å². The number of aryl methyl sites for hydroxylation is 2. The molecule has 0 saturated carbocycles. The maximum absolute atomic E-state index is 12.9. The van der Waals surface area contributed by atoms with Crippen LogP contribution in [-0.4, -0.2) is 10.9 Å². The number of halogens is 2. The molecular weight excluding hydrogens is 438 g/mol. The molecule has 1 heterocycles. The molecule has 0 aliphatic carbocycles. The third-order valence-electron chi connectivity index (χ3n) is 4.37. The molecule has 0 saturated heterocycles. The number of rotatable bonds is 4. The van der Waals surface area contributed by atoms with Crippen molar-refractivity contribution in [3.05, 3.63) is 97.7 Å². The average Bonchev–Trinajstić information content (AvgIpc) is 2.67. The predicted octanol–water partition coefficient (Wildman–Crippen LogP) is 4.88. The standard InChI is InChI=1S/C22H17BrClN3O/c1-13-9-16(3-4-17(13)11-25)22(28)27-21(15-5-7-19(24)8-6-15)20-14(2)10-18(23)12-26-20/h3-10,12,21H,1-2H3,(H,27,28)/p-1. The van der Waals surface area contributed by atoms with Crippen molar-refractivity contribution >= 4 is 33.4 Å². The molecule has 1 atom stereocenters. The van der Waals surface area contributed by atoms with Gasteiger partial charge in [-0.25, -0.2) is 0 Å². The molecule has 4 nitrogen and oxygen atoms in total. The van der Waals surface area contributed by atoms with Crippen LogP contribution in [0.1, 0.15) is 39.6 Å². The molecule has 0 N–H and O–H groups in total. The maximum atomic E-state index is 12.9. The molecule has 6 heteroatoms. The number of hydrogen-bond acceptors (Lipinski definition) is 4. The van der Waals surface area contributed by atoms with Crippen molar-refractivity contribution in [3.8, 4) is 6.07 Å². The zero-order valence-corrected chi connectivity index (χ0v) is 17.6. The van der Waals surface area contributed by atoms with Crippen molar-refractivity contribution < 1.29 is 5.11 Å². The zero-order chi connectivity index (χ0) is 20.3. The molecule has 140 valence electrons. The molecule has 2 aromatic carbocycles. The van der Waals surface area contributed by atoms with Gasteiger partial charge in [-0.1, -0.05) is 29.8 Å². The Morgan fingerprint density at radius 1 is 1.14 bits per heavy atom. The monoisotopic (exact) mass is 452 g/mol. The van der Waals surface area contributed by atoms with Gasteiger partial charge in [0.25, 0.3) is 0 Å². The fraction of sp³-hybridized carbons (Fsp3) is 0.136. The van der Waals surface area contributed by atoms with Crippen LogP contribution in [0.2, 0.25) is 5.02 Å². The second kappa shape index (κ2) is 8.55. The van der Waals surface area contributed by atoms with Gasteiger partial charge in [-0.3, -0.25) is 9.98 Å². The first kappa shape index (κ1) is 20.1. The van der Waals surface area contributed by atoms with Gasteiger partial charge in [0, 0.05) is 15.7 Å². The summed E-state index contributed by atoms with van der Waals surface area (Å²) in [5.41, 5.74) is 4.15. The molecule has 28 heavy (non-hydrogen) atoms. The van der Waals surface area contributed by atoms with Gasteiger partial charge in [-0.15, -0.1) is 0 Å². The molecule has 0 aliphatic heterocycles. The van der Waals surface area contributed by atoms with E-state index in [0.717, 1.165) is 21.2 Å². The second-order valence-corrected chi connectivity index (χ2v) is 7.74. The number of benzene rings is 2. The number of aliphatic imine (C=N–C) groups is 1. The lowest BCUT2D eigenvalue weighted by atomic mass is 10.00. The topological polar surface area (TPSA) is 72.1 Å². The highest BCUT2D eigenvalue weighted by Crippen LogP contribution is 2.29. The van der Waals surface area contributed by atoms with Crippen LogP contribution in [-0.2, 0) is 0 Å². The third kappa shape index (κ3) is 4.41. The second-order valence-electron chi connectivity index (χ2n) is 6.39. The largest absolute Gasteiger partial charge is 0.858 e. The van der Waals surface area contributed by atoms with E-state index in [-0.39, 0.29) is 5.90 Å². The van der Waals surface area contributed by atoms with Crippen LogP contribution in [0.3, 0.4) is 0 Å². The highest BCUT2D eigenvalue weighted by molar-refractivity contribution is 9.10. The van der Waals surface area contributed by atoms with Crippen LogP contribution >= 0.6 is 27.5 Å². The Hall–Kier alpha value is -2.68. The summed E-state index contributed by atoms with van der Waals surface area (Å²) in [6, 6.07) is 15.7. The lowest BCUT2D eigenvalue weighted by Crippen LogP contribution is -2.21. The summed E-state index contributed by atoms with van der Waals surface area (Å²) in [4.78, 5) is 8.96. The minimum Gasteiger partial charge on any atom is -0.858 e. The first-order valence-electron chi connectivity index (χ1n) is 8.52. The van der Waals surface area contributed by atoms with Gasteiger partial charge in [0.05, 0.1) is 17.3 Å². The minimum atomic E-state index is -0.561. The van der Waals surface area contributed by atoms with E-state index in [1.165, 1.54) is 0 Å². The Morgan fingerprint density at radius 2 is 1.86 bits per heavy atom. The van der Waals surface area contributed by atoms with Crippen LogP contribution < -0.4 is 5.11 Å². The number of nitriles is 1. The highest BCUT2D eigenvalue weighted by Gasteiger charge is 2.17. The fourth-order valence-electron chi connectivity index (χ4n) is 2.89. The number of nitrogens with zero attached hydrogens (tertiary/aromatic N) is 3. The molecule has 1 unspecified atom stereocenters. The smallest absolute Gasteiger partial charge is 0.116 e. The Morgan fingerprint density at radius 3 is 2.46 bits per heavy atom. The Balaban J connectivity index is 2.11. The van der Waals surface area contributed by atoms with E-state index in [2.05, 4.69) is 32.0 Å². The lowest BCUT2D eigenvalue weighted by molar-refractivity contribution is -0.213. The van der Waals surface area contributed by atoms with Crippen LogP contribution in [0.25, 0.3) is 0 Å². The fourth-order valence-corrected chi connectivity index (χ4v) is 3.46. The molecule has 0 radical (unpaired) electrons. The van der Waals surface area contributed by atoms with Crippen molar-refractivity contribution in [2.24, 2.45) is 4.99 Å². The van der Waals surface area contributed by atoms with Gasteiger partial charge in [0.2, 0.25) is 0 Å². The molecule has 0 aliphatic rings. The van der Waals surface area contributed by atoms with Crippen molar-refractivity contribution in [2.45, 2.75) is 19.9 Å².